The fourth-order valence-corrected chi connectivity index (χ4v) is 2.18. The van der Waals surface area contributed by atoms with Crippen molar-refractivity contribution in [1.82, 2.24) is 15.5 Å². The van der Waals surface area contributed by atoms with E-state index in [-0.39, 0.29) is 5.91 Å². The summed E-state index contributed by atoms with van der Waals surface area (Å²) in [5.74, 6) is 1.33. The number of hydrogen-bond acceptors (Lipinski definition) is 5. The highest BCUT2D eigenvalue weighted by Gasteiger charge is 2.07. The number of nitrogens with zero attached hydrogens (tertiary/aromatic N) is 2. The zero-order valence-electron chi connectivity index (χ0n) is 14.2. The molecule has 0 aliphatic carbocycles. The first kappa shape index (κ1) is 17.7. The summed E-state index contributed by atoms with van der Waals surface area (Å²) in [5.41, 5.74) is 1.52. The van der Waals surface area contributed by atoms with Crippen LogP contribution in [0.1, 0.15) is 35.8 Å². The third-order valence-electron chi connectivity index (χ3n) is 3.57. The predicted molar refractivity (Wildman–Crippen MR) is 94.5 cm³/mol. The van der Waals surface area contributed by atoms with Crippen LogP contribution < -0.4 is 15.4 Å². The molecule has 0 aliphatic heterocycles. The Morgan fingerprint density at radius 2 is 2.04 bits per heavy atom. The molecule has 2 N–H and O–H groups in total. The fraction of sp³-hybridized carbons (Fsp3) is 0.389. The molecule has 2 rings (SSSR count). The zero-order valence-corrected chi connectivity index (χ0v) is 14.2. The first-order chi connectivity index (χ1) is 11.7. The van der Waals surface area contributed by atoms with Gasteiger partial charge in [-0.1, -0.05) is 25.5 Å². The molecular formula is C18H24N4O2. The number of carbonyl (C=O) groups is 1. The number of amides is 1. The second-order valence-corrected chi connectivity index (χ2v) is 5.44. The lowest BCUT2D eigenvalue weighted by Crippen LogP contribution is -2.25. The van der Waals surface area contributed by atoms with Crippen LogP contribution in [0.15, 0.2) is 36.4 Å². The van der Waals surface area contributed by atoms with Crippen molar-refractivity contribution < 1.29 is 9.53 Å². The third kappa shape index (κ3) is 5.53. The van der Waals surface area contributed by atoms with Crippen molar-refractivity contribution in [2.24, 2.45) is 0 Å². The molecule has 24 heavy (non-hydrogen) atoms. The van der Waals surface area contributed by atoms with Gasteiger partial charge in [-0.05, 0) is 42.7 Å². The molecular weight excluding hydrogens is 304 g/mol. The maximum absolute atomic E-state index is 11.8. The molecule has 0 fully saturated rings. The van der Waals surface area contributed by atoms with E-state index in [1.165, 1.54) is 5.56 Å². The number of hydrogen-bond donors (Lipinski definition) is 2. The number of aromatic nitrogens is 2. The van der Waals surface area contributed by atoms with E-state index < -0.39 is 0 Å². The average molecular weight is 328 g/mol. The van der Waals surface area contributed by atoms with Crippen molar-refractivity contribution in [2.75, 3.05) is 25.5 Å². The Morgan fingerprint density at radius 1 is 1.17 bits per heavy atom. The minimum atomic E-state index is -0.182. The third-order valence-corrected chi connectivity index (χ3v) is 3.57. The Morgan fingerprint density at radius 3 is 2.75 bits per heavy atom. The van der Waals surface area contributed by atoms with E-state index in [0.29, 0.717) is 18.1 Å². The summed E-state index contributed by atoms with van der Waals surface area (Å²) in [4.78, 5) is 11.8. The van der Waals surface area contributed by atoms with Gasteiger partial charge in [0, 0.05) is 13.1 Å². The van der Waals surface area contributed by atoms with Crippen molar-refractivity contribution >= 4 is 11.7 Å². The van der Waals surface area contributed by atoms with Gasteiger partial charge >= 0.3 is 0 Å². The van der Waals surface area contributed by atoms with Gasteiger partial charge < -0.3 is 15.4 Å². The Bertz CT molecular complexity index is 644. The van der Waals surface area contributed by atoms with E-state index in [1.54, 1.807) is 19.2 Å². The monoisotopic (exact) mass is 328 g/mol. The summed E-state index contributed by atoms with van der Waals surface area (Å²) in [7, 11) is 1.66. The predicted octanol–water partition coefficient (Wildman–Crippen LogP) is 2.67. The summed E-state index contributed by atoms with van der Waals surface area (Å²) in [6.07, 6.45) is 2.85. The average Bonchev–Trinajstić information content (AvgIpc) is 2.62. The maximum Gasteiger partial charge on any atom is 0.271 e. The molecule has 0 saturated carbocycles. The molecule has 1 aromatic heterocycles. The number of rotatable bonds is 9. The molecule has 128 valence electrons. The van der Waals surface area contributed by atoms with Crippen LogP contribution in [-0.2, 0) is 6.42 Å². The topological polar surface area (TPSA) is 76.1 Å². The highest BCUT2D eigenvalue weighted by atomic mass is 16.5. The number of benzene rings is 1. The van der Waals surface area contributed by atoms with Crippen LogP contribution >= 0.6 is 0 Å². The van der Waals surface area contributed by atoms with E-state index in [0.717, 1.165) is 31.6 Å². The van der Waals surface area contributed by atoms with E-state index >= 15 is 0 Å². The Hall–Kier alpha value is -2.63. The van der Waals surface area contributed by atoms with Crippen molar-refractivity contribution in [1.29, 1.82) is 0 Å². The van der Waals surface area contributed by atoms with Crippen LogP contribution in [0.5, 0.6) is 5.75 Å². The Kier molecular flexibility index (Phi) is 7.01. The van der Waals surface area contributed by atoms with Crippen LogP contribution in [0, 0.1) is 0 Å². The van der Waals surface area contributed by atoms with Gasteiger partial charge in [-0.25, -0.2) is 0 Å². The summed E-state index contributed by atoms with van der Waals surface area (Å²) in [5, 5.41) is 14.0. The molecule has 0 unspecified atom stereocenters. The number of carbonyl (C=O) groups excluding carboxylic acids is 1. The normalized spacial score (nSPS) is 10.2. The second kappa shape index (κ2) is 9.50. The zero-order chi connectivity index (χ0) is 17.2. The molecule has 0 radical (unpaired) electrons. The molecule has 0 saturated heterocycles. The molecule has 6 nitrogen and oxygen atoms in total. The molecule has 0 aliphatic rings. The quantitative estimate of drug-likeness (QED) is 0.692. The first-order valence-corrected chi connectivity index (χ1v) is 8.21. The lowest BCUT2D eigenvalue weighted by Gasteiger charge is -2.07. The SMILES string of the molecule is CCCCNC(=O)c1ccc(NCCc2cccc(OC)c2)nn1. The minimum Gasteiger partial charge on any atom is -0.497 e. The smallest absolute Gasteiger partial charge is 0.271 e. The maximum atomic E-state index is 11.8. The standard InChI is InChI=1S/C18H24N4O2/c1-3-4-11-20-18(23)16-8-9-17(22-21-16)19-12-10-14-6-5-7-15(13-14)24-2/h5-9,13H,3-4,10-12H2,1-2H3,(H,19,22)(H,20,23). The molecule has 0 bridgehead atoms. The largest absolute Gasteiger partial charge is 0.497 e. The Balaban J connectivity index is 1.80. The van der Waals surface area contributed by atoms with E-state index in [4.69, 9.17) is 4.74 Å². The van der Waals surface area contributed by atoms with Gasteiger partial charge in [-0.2, -0.15) is 0 Å². The van der Waals surface area contributed by atoms with Crippen LogP contribution in [0.25, 0.3) is 0 Å². The molecule has 1 amide bonds. The Labute approximate surface area is 142 Å². The van der Waals surface area contributed by atoms with Crippen molar-refractivity contribution in [3.63, 3.8) is 0 Å². The van der Waals surface area contributed by atoms with Gasteiger partial charge in [0.05, 0.1) is 7.11 Å². The lowest BCUT2D eigenvalue weighted by molar-refractivity contribution is 0.0947. The molecule has 0 atom stereocenters. The minimum absolute atomic E-state index is 0.182. The molecule has 1 aromatic carbocycles. The van der Waals surface area contributed by atoms with Crippen molar-refractivity contribution in [3.8, 4) is 5.75 Å². The van der Waals surface area contributed by atoms with Gasteiger partial charge in [0.25, 0.3) is 5.91 Å². The van der Waals surface area contributed by atoms with Crippen molar-refractivity contribution in [2.45, 2.75) is 26.2 Å². The highest BCUT2D eigenvalue weighted by Crippen LogP contribution is 2.13. The first-order valence-electron chi connectivity index (χ1n) is 8.21. The van der Waals surface area contributed by atoms with Crippen LogP contribution in [0.4, 0.5) is 5.82 Å². The molecule has 0 spiro atoms. The van der Waals surface area contributed by atoms with Crippen molar-refractivity contribution in [3.05, 3.63) is 47.7 Å². The highest BCUT2D eigenvalue weighted by molar-refractivity contribution is 5.92. The summed E-state index contributed by atoms with van der Waals surface area (Å²) < 4.78 is 5.21. The van der Waals surface area contributed by atoms with E-state index in [9.17, 15) is 4.79 Å². The molecule has 6 heteroatoms. The fourth-order valence-electron chi connectivity index (χ4n) is 2.18. The van der Waals surface area contributed by atoms with E-state index in [2.05, 4.69) is 33.8 Å². The molecule has 2 aromatic rings. The second-order valence-electron chi connectivity index (χ2n) is 5.44. The number of ether oxygens (including phenoxy) is 1. The molecule has 1 heterocycles. The van der Waals surface area contributed by atoms with Crippen LogP contribution in [0.2, 0.25) is 0 Å². The number of nitrogens with one attached hydrogen (secondary N) is 2. The van der Waals surface area contributed by atoms with Crippen LogP contribution in [-0.4, -0.2) is 36.3 Å². The van der Waals surface area contributed by atoms with Crippen LogP contribution in [0.3, 0.4) is 0 Å². The number of unbranched alkanes of at least 4 members (excludes halogenated alkanes) is 1. The lowest BCUT2D eigenvalue weighted by atomic mass is 10.1. The number of methoxy groups -OCH3 is 1. The van der Waals surface area contributed by atoms with Gasteiger partial charge in [0.2, 0.25) is 0 Å². The summed E-state index contributed by atoms with van der Waals surface area (Å²) in [6, 6.07) is 11.4. The summed E-state index contributed by atoms with van der Waals surface area (Å²) in [6.45, 7) is 3.47. The van der Waals surface area contributed by atoms with Gasteiger partial charge in [-0.3, -0.25) is 4.79 Å². The number of anilines is 1. The van der Waals surface area contributed by atoms with E-state index in [1.807, 2.05) is 18.2 Å². The van der Waals surface area contributed by atoms with Gasteiger partial charge in [0.1, 0.15) is 11.6 Å². The summed E-state index contributed by atoms with van der Waals surface area (Å²) >= 11 is 0. The van der Waals surface area contributed by atoms with Gasteiger partial charge in [-0.15, -0.1) is 10.2 Å². The van der Waals surface area contributed by atoms with Gasteiger partial charge in [0.15, 0.2) is 5.69 Å².